The largest absolute Gasteiger partial charge is 0.478 e. The molecule has 2 aromatic rings. The average molecular weight is 249 g/mol. The first-order valence-corrected chi connectivity index (χ1v) is 5.40. The molecule has 1 heterocycles. The molecule has 0 atom stereocenters. The molecule has 18 heavy (non-hydrogen) atoms. The molecule has 4 nitrogen and oxygen atoms in total. The maximum atomic E-state index is 13.4. The zero-order valence-corrected chi connectivity index (χ0v) is 9.52. The lowest BCUT2D eigenvalue weighted by atomic mass is 10.1. The van der Waals surface area contributed by atoms with E-state index in [1.807, 2.05) is 0 Å². The first-order valence-electron chi connectivity index (χ1n) is 5.40. The number of hydrogen-bond acceptors (Lipinski definition) is 3. The van der Waals surface area contributed by atoms with Gasteiger partial charge in [-0.1, -0.05) is 0 Å². The summed E-state index contributed by atoms with van der Waals surface area (Å²) in [5.41, 5.74) is 1.36. The Balaban J connectivity index is 2.00. The summed E-state index contributed by atoms with van der Waals surface area (Å²) in [4.78, 5) is 10.8. The molecule has 0 saturated carbocycles. The van der Waals surface area contributed by atoms with E-state index < -0.39 is 11.8 Å². The molecule has 1 aromatic heterocycles. The number of carbonyl (C=O) groups is 1. The van der Waals surface area contributed by atoms with E-state index in [2.05, 4.69) is 5.32 Å². The molecule has 2 N–H and O–H groups in total. The molecule has 94 valence electrons. The predicted octanol–water partition coefficient (Wildman–Crippen LogP) is 2.41. The Bertz CT molecular complexity index is 537. The normalized spacial score (nSPS) is 10.5. The van der Waals surface area contributed by atoms with Crippen LogP contribution in [0.3, 0.4) is 0 Å². The molecule has 0 bridgehead atoms. The molecule has 0 spiro atoms. The van der Waals surface area contributed by atoms with Crippen LogP contribution >= 0.6 is 0 Å². The van der Waals surface area contributed by atoms with Crippen molar-refractivity contribution in [3.05, 3.63) is 59.3 Å². The zero-order chi connectivity index (χ0) is 13.0. The lowest BCUT2D eigenvalue weighted by Crippen LogP contribution is -2.14. The highest BCUT2D eigenvalue weighted by atomic mass is 19.1. The highest BCUT2D eigenvalue weighted by Gasteiger charge is 2.08. The van der Waals surface area contributed by atoms with Crippen LogP contribution in [0.15, 0.2) is 41.2 Å². The molecule has 1 aromatic carbocycles. The number of furan rings is 1. The number of hydrogen-bond donors (Lipinski definition) is 2. The SMILES string of the molecule is O=C(O)c1ccc(F)c(CNCc2ccoc2)c1. The van der Waals surface area contributed by atoms with Crippen LogP contribution in [-0.2, 0) is 13.1 Å². The maximum absolute atomic E-state index is 13.4. The molecule has 0 radical (unpaired) electrons. The molecular weight excluding hydrogens is 237 g/mol. The minimum Gasteiger partial charge on any atom is -0.478 e. The Kier molecular flexibility index (Phi) is 3.74. The van der Waals surface area contributed by atoms with Gasteiger partial charge in [0, 0.05) is 24.2 Å². The standard InChI is InChI=1S/C13H12FNO3/c14-12-2-1-10(13(16)17)5-11(12)7-15-6-9-3-4-18-8-9/h1-5,8,15H,6-7H2,(H,16,17). The van der Waals surface area contributed by atoms with Crippen molar-refractivity contribution in [1.29, 1.82) is 0 Å². The molecule has 0 unspecified atom stereocenters. The highest BCUT2D eigenvalue weighted by molar-refractivity contribution is 5.87. The Labute approximate surface area is 103 Å². The Morgan fingerprint density at radius 3 is 2.83 bits per heavy atom. The topological polar surface area (TPSA) is 62.5 Å². The second-order valence-electron chi connectivity index (χ2n) is 3.85. The van der Waals surface area contributed by atoms with Crippen molar-refractivity contribution >= 4 is 5.97 Å². The van der Waals surface area contributed by atoms with Crippen LogP contribution in [0.2, 0.25) is 0 Å². The molecule has 0 fully saturated rings. The van der Waals surface area contributed by atoms with Crippen molar-refractivity contribution in [2.75, 3.05) is 0 Å². The minimum atomic E-state index is -1.06. The molecule has 0 aliphatic heterocycles. The second kappa shape index (κ2) is 5.46. The monoisotopic (exact) mass is 249 g/mol. The summed E-state index contributed by atoms with van der Waals surface area (Å²) in [6.07, 6.45) is 3.15. The third-order valence-corrected chi connectivity index (χ3v) is 2.52. The van der Waals surface area contributed by atoms with Gasteiger partial charge in [0.25, 0.3) is 0 Å². The second-order valence-corrected chi connectivity index (χ2v) is 3.85. The third-order valence-electron chi connectivity index (χ3n) is 2.52. The number of carboxylic acid groups (broad SMARTS) is 1. The number of benzene rings is 1. The van der Waals surface area contributed by atoms with Crippen LogP contribution in [0.5, 0.6) is 0 Å². The first kappa shape index (κ1) is 12.3. The molecule has 5 heteroatoms. The van der Waals surface area contributed by atoms with Gasteiger partial charge in [0.1, 0.15) is 5.82 Å². The van der Waals surface area contributed by atoms with Crippen LogP contribution in [0, 0.1) is 5.82 Å². The van der Waals surface area contributed by atoms with Crippen LogP contribution < -0.4 is 5.32 Å². The van der Waals surface area contributed by atoms with Crippen LogP contribution in [0.4, 0.5) is 4.39 Å². The maximum Gasteiger partial charge on any atom is 0.335 e. The molecular formula is C13H12FNO3. The summed E-state index contributed by atoms with van der Waals surface area (Å²) in [6, 6.07) is 5.55. The molecule has 0 amide bonds. The summed E-state index contributed by atoms with van der Waals surface area (Å²) in [6.45, 7) is 0.797. The smallest absolute Gasteiger partial charge is 0.335 e. The quantitative estimate of drug-likeness (QED) is 0.854. The molecule has 0 saturated heterocycles. The van der Waals surface area contributed by atoms with E-state index >= 15 is 0 Å². The van der Waals surface area contributed by atoms with Crippen LogP contribution in [-0.4, -0.2) is 11.1 Å². The van der Waals surface area contributed by atoms with E-state index in [4.69, 9.17) is 9.52 Å². The summed E-state index contributed by atoms with van der Waals surface area (Å²) in [5, 5.41) is 11.8. The fourth-order valence-electron chi connectivity index (χ4n) is 1.58. The summed E-state index contributed by atoms with van der Waals surface area (Å²) in [7, 11) is 0. The Hall–Kier alpha value is -2.14. The highest BCUT2D eigenvalue weighted by Crippen LogP contribution is 2.11. The van der Waals surface area contributed by atoms with Crippen molar-refractivity contribution in [2.45, 2.75) is 13.1 Å². The van der Waals surface area contributed by atoms with Gasteiger partial charge in [0.05, 0.1) is 18.1 Å². The van der Waals surface area contributed by atoms with Gasteiger partial charge >= 0.3 is 5.97 Å². The van der Waals surface area contributed by atoms with Gasteiger partial charge in [0.15, 0.2) is 0 Å². The summed E-state index contributed by atoms with van der Waals surface area (Å²) in [5.74, 6) is -1.48. The predicted molar refractivity (Wildman–Crippen MR) is 62.6 cm³/mol. The van der Waals surface area contributed by atoms with E-state index in [0.29, 0.717) is 12.1 Å². The molecule has 2 rings (SSSR count). The Morgan fingerprint density at radius 1 is 1.33 bits per heavy atom. The number of carboxylic acids is 1. The number of aromatic carboxylic acids is 1. The fourth-order valence-corrected chi connectivity index (χ4v) is 1.58. The van der Waals surface area contributed by atoms with Gasteiger partial charge < -0.3 is 14.8 Å². The zero-order valence-electron chi connectivity index (χ0n) is 9.52. The van der Waals surface area contributed by atoms with E-state index in [1.54, 1.807) is 18.6 Å². The van der Waals surface area contributed by atoms with Crippen molar-refractivity contribution in [3.8, 4) is 0 Å². The van der Waals surface area contributed by atoms with Gasteiger partial charge in [-0.25, -0.2) is 9.18 Å². The van der Waals surface area contributed by atoms with Crippen LogP contribution in [0.25, 0.3) is 0 Å². The number of rotatable bonds is 5. The first-order chi connectivity index (χ1) is 8.66. The van der Waals surface area contributed by atoms with Crippen molar-refractivity contribution < 1.29 is 18.7 Å². The lowest BCUT2D eigenvalue weighted by Gasteiger charge is -2.06. The van der Waals surface area contributed by atoms with Gasteiger partial charge in [-0.3, -0.25) is 0 Å². The van der Waals surface area contributed by atoms with Crippen molar-refractivity contribution in [3.63, 3.8) is 0 Å². The Morgan fingerprint density at radius 2 is 2.17 bits per heavy atom. The van der Waals surface area contributed by atoms with Gasteiger partial charge in [0.2, 0.25) is 0 Å². The average Bonchev–Trinajstić information content (AvgIpc) is 2.84. The number of nitrogens with one attached hydrogen (secondary N) is 1. The van der Waals surface area contributed by atoms with Crippen molar-refractivity contribution in [2.24, 2.45) is 0 Å². The van der Waals surface area contributed by atoms with Gasteiger partial charge in [-0.05, 0) is 24.3 Å². The third kappa shape index (κ3) is 2.95. The lowest BCUT2D eigenvalue weighted by molar-refractivity contribution is 0.0696. The summed E-state index contributed by atoms with van der Waals surface area (Å²) < 4.78 is 18.3. The van der Waals surface area contributed by atoms with Crippen LogP contribution in [0.1, 0.15) is 21.5 Å². The van der Waals surface area contributed by atoms with Gasteiger partial charge in [-0.2, -0.15) is 0 Å². The van der Waals surface area contributed by atoms with Crippen molar-refractivity contribution in [1.82, 2.24) is 5.32 Å². The summed E-state index contributed by atoms with van der Waals surface area (Å²) >= 11 is 0. The van der Waals surface area contributed by atoms with E-state index in [1.165, 1.54) is 12.1 Å². The van der Waals surface area contributed by atoms with E-state index in [9.17, 15) is 9.18 Å². The van der Waals surface area contributed by atoms with Gasteiger partial charge in [-0.15, -0.1) is 0 Å². The molecule has 0 aliphatic rings. The fraction of sp³-hybridized carbons (Fsp3) is 0.154. The van der Waals surface area contributed by atoms with E-state index in [-0.39, 0.29) is 12.1 Å². The van der Waals surface area contributed by atoms with E-state index in [0.717, 1.165) is 11.6 Å². The number of halogens is 1. The minimum absolute atomic E-state index is 0.0801. The molecule has 0 aliphatic carbocycles.